The largest absolute Gasteiger partial charge is 0.362 e. The SMILES string of the molecule is Cn1cc([N+](=O)[O-])c(NCCS(C)(=O)=O)n1. The topological polar surface area (TPSA) is 107 Å². The number of aryl methyl sites for hydroxylation is 1. The molecule has 1 aromatic rings. The summed E-state index contributed by atoms with van der Waals surface area (Å²) in [6.45, 7) is 0.0939. The van der Waals surface area contributed by atoms with Crippen molar-refractivity contribution in [3.8, 4) is 0 Å². The van der Waals surface area contributed by atoms with Gasteiger partial charge in [0, 0.05) is 19.8 Å². The van der Waals surface area contributed by atoms with E-state index in [2.05, 4.69) is 10.4 Å². The van der Waals surface area contributed by atoms with Crippen LogP contribution < -0.4 is 5.32 Å². The van der Waals surface area contributed by atoms with Crippen LogP contribution in [0.2, 0.25) is 0 Å². The van der Waals surface area contributed by atoms with E-state index in [1.807, 2.05) is 0 Å². The molecule has 0 bridgehead atoms. The van der Waals surface area contributed by atoms with E-state index in [-0.39, 0.29) is 23.8 Å². The van der Waals surface area contributed by atoms with Gasteiger partial charge in [-0.25, -0.2) is 8.42 Å². The molecule has 0 atom stereocenters. The third kappa shape index (κ3) is 3.50. The molecule has 1 heterocycles. The predicted octanol–water partition coefficient (Wildman–Crippen LogP) is -0.215. The van der Waals surface area contributed by atoms with E-state index in [4.69, 9.17) is 0 Å². The molecule has 0 fully saturated rings. The Hall–Kier alpha value is -1.64. The van der Waals surface area contributed by atoms with Crippen LogP contribution in [-0.2, 0) is 16.9 Å². The van der Waals surface area contributed by atoms with Gasteiger partial charge in [0.05, 0.1) is 10.7 Å². The van der Waals surface area contributed by atoms with Gasteiger partial charge in [0.25, 0.3) is 0 Å². The summed E-state index contributed by atoms with van der Waals surface area (Å²) in [6, 6.07) is 0. The third-order valence-corrected chi connectivity index (χ3v) is 2.72. The maximum atomic E-state index is 10.8. The van der Waals surface area contributed by atoms with Crippen LogP contribution in [0.3, 0.4) is 0 Å². The fraction of sp³-hybridized carbons (Fsp3) is 0.571. The second-order valence-corrected chi connectivity index (χ2v) is 5.61. The summed E-state index contributed by atoms with van der Waals surface area (Å²) < 4.78 is 23.0. The Labute approximate surface area is 92.3 Å². The van der Waals surface area contributed by atoms with E-state index in [0.29, 0.717) is 0 Å². The molecule has 0 radical (unpaired) electrons. The molecule has 0 aliphatic rings. The van der Waals surface area contributed by atoms with Crippen molar-refractivity contribution in [2.75, 3.05) is 23.9 Å². The Morgan fingerprint density at radius 1 is 1.62 bits per heavy atom. The summed E-state index contributed by atoms with van der Waals surface area (Å²) in [5.74, 6) is -0.0167. The summed E-state index contributed by atoms with van der Waals surface area (Å²) in [4.78, 5) is 10.0. The Kier molecular flexibility index (Phi) is 3.48. The fourth-order valence-corrected chi connectivity index (χ4v) is 1.56. The molecule has 0 unspecified atom stereocenters. The number of nitro groups is 1. The highest BCUT2D eigenvalue weighted by Gasteiger charge is 2.18. The van der Waals surface area contributed by atoms with Crippen molar-refractivity contribution in [2.24, 2.45) is 7.05 Å². The molecular formula is C7H12N4O4S. The van der Waals surface area contributed by atoms with Crippen LogP contribution >= 0.6 is 0 Å². The van der Waals surface area contributed by atoms with Crippen molar-refractivity contribution in [1.82, 2.24) is 9.78 Å². The predicted molar refractivity (Wildman–Crippen MR) is 58.1 cm³/mol. The Morgan fingerprint density at radius 3 is 2.75 bits per heavy atom. The van der Waals surface area contributed by atoms with E-state index in [0.717, 1.165) is 6.26 Å². The van der Waals surface area contributed by atoms with Gasteiger partial charge in [-0.3, -0.25) is 14.8 Å². The zero-order valence-electron chi connectivity index (χ0n) is 8.87. The van der Waals surface area contributed by atoms with Gasteiger partial charge in [0.2, 0.25) is 5.82 Å². The molecule has 9 heteroatoms. The van der Waals surface area contributed by atoms with Crippen LogP contribution in [0.5, 0.6) is 0 Å². The maximum absolute atomic E-state index is 10.8. The van der Waals surface area contributed by atoms with Gasteiger partial charge in [0.15, 0.2) is 0 Å². The van der Waals surface area contributed by atoms with Gasteiger partial charge in [0.1, 0.15) is 16.0 Å². The smallest absolute Gasteiger partial charge is 0.330 e. The van der Waals surface area contributed by atoms with Crippen LogP contribution in [0.25, 0.3) is 0 Å². The van der Waals surface area contributed by atoms with Gasteiger partial charge in [-0.15, -0.1) is 5.10 Å². The highest BCUT2D eigenvalue weighted by molar-refractivity contribution is 7.90. The molecule has 0 saturated carbocycles. The second-order valence-electron chi connectivity index (χ2n) is 3.35. The number of aromatic nitrogens is 2. The molecule has 0 spiro atoms. The number of rotatable bonds is 5. The second kappa shape index (κ2) is 4.47. The quantitative estimate of drug-likeness (QED) is 0.570. The Morgan fingerprint density at radius 2 is 2.25 bits per heavy atom. The first-order chi connectivity index (χ1) is 7.29. The van der Waals surface area contributed by atoms with E-state index in [1.165, 1.54) is 10.9 Å². The van der Waals surface area contributed by atoms with E-state index >= 15 is 0 Å². The summed E-state index contributed by atoms with van der Waals surface area (Å²) in [6.07, 6.45) is 2.35. The maximum Gasteiger partial charge on any atom is 0.330 e. The van der Waals surface area contributed by atoms with Gasteiger partial charge >= 0.3 is 5.69 Å². The normalized spacial score (nSPS) is 11.4. The summed E-state index contributed by atoms with van der Waals surface area (Å²) in [5.41, 5.74) is -0.170. The number of anilines is 1. The fourth-order valence-electron chi connectivity index (χ4n) is 1.09. The highest BCUT2D eigenvalue weighted by Crippen LogP contribution is 2.20. The van der Waals surface area contributed by atoms with Crippen molar-refractivity contribution in [3.63, 3.8) is 0 Å². The van der Waals surface area contributed by atoms with E-state index < -0.39 is 14.8 Å². The number of nitrogens with one attached hydrogen (secondary N) is 1. The number of nitrogens with zero attached hydrogens (tertiary/aromatic N) is 3. The Bertz CT molecular complexity index is 492. The first-order valence-corrected chi connectivity index (χ1v) is 6.45. The van der Waals surface area contributed by atoms with Crippen LogP contribution in [0.4, 0.5) is 11.5 Å². The molecule has 90 valence electrons. The van der Waals surface area contributed by atoms with Gasteiger partial charge < -0.3 is 5.32 Å². The van der Waals surface area contributed by atoms with Crippen molar-refractivity contribution < 1.29 is 13.3 Å². The molecule has 1 aromatic heterocycles. The zero-order chi connectivity index (χ0) is 12.3. The molecule has 0 saturated heterocycles. The average molecular weight is 248 g/mol. The van der Waals surface area contributed by atoms with Crippen molar-refractivity contribution >= 4 is 21.3 Å². The van der Waals surface area contributed by atoms with Crippen molar-refractivity contribution in [2.45, 2.75) is 0 Å². The minimum atomic E-state index is -3.09. The molecule has 0 aliphatic carbocycles. The van der Waals surface area contributed by atoms with Gasteiger partial charge in [-0.2, -0.15) is 0 Å². The van der Waals surface area contributed by atoms with E-state index in [1.54, 1.807) is 7.05 Å². The molecule has 1 N–H and O–H groups in total. The molecule has 8 nitrogen and oxygen atoms in total. The van der Waals surface area contributed by atoms with Gasteiger partial charge in [-0.1, -0.05) is 0 Å². The highest BCUT2D eigenvalue weighted by atomic mass is 32.2. The van der Waals surface area contributed by atoms with Crippen molar-refractivity contribution in [3.05, 3.63) is 16.3 Å². The first-order valence-electron chi connectivity index (χ1n) is 4.39. The summed E-state index contributed by atoms with van der Waals surface area (Å²) in [5, 5.41) is 17.0. The lowest BCUT2D eigenvalue weighted by Crippen LogP contribution is -2.15. The monoisotopic (exact) mass is 248 g/mol. The van der Waals surface area contributed by atoms with Crippen molar-refractivity contribution in [1.29, 1.82) is 0 Å². The average Bonchev–Trinajstić information content (AvgIpc) is 2.44. The van der Waals surface area contributed by atoms with Gasteiger partial charge in [-0.05, 0) is 0 Å². The molecule has 0 aromatic carbocycles. The third-order valence-electron chi connectivity index (χ3n) is 1.77. The lowest BCUT2D eigenvalue weighted by atomic mass is 10.5. The summed E-state index contributed by atoms with van der Waals surface area (Å²) >= 11 is 0. The Balaban J connectivity index is 2.70. The van der Waals surface area contributed by atoms with Crippen LogP contribution in [0.15, 0.2) is 6.20 Å². The number of hydrogen-bond donors (Lipinski definition) is 1. The molecule has 0 aliphatic heterocycles. The van der Waals surface area contributed by atoms with Crippen LogP contribution in [-0.4, -0.2) is 41.7 Å². The zero-order valence-corrected chi connectivity index (χ0v) is 9.69. The molecule has 16 heavy (non-hydrogen) atoms. The molecule has 1 rings (SSSR count). The lowest BCUT2D eigenvalue weighted by Gasteiger charge is -2.00. The standard InChI is InChI=1S/C7H12N4O4S/c1-10-5-6(11(12)13)7(9-10)8-3-4-16(2,14)15/h5H,3-4H2,1-2H3,(H,8,9). The number of sulfone groups is 1. The lowest BCUT2D eigenvalue weighted by molar-refractivity contribution is -0.384. The van der Waals surface area contributed by atoms with E-state index in [9.17, 15) is 18.5 Å². The number of hydrogen-bond acceptors (Lipinski definition) is 6. The summed E-state index contributed by atoms with van der Waals surface area (Å²) in [7, 11) is -1.54. The first kappa shape index (κ1) is 12.4. The molecule has 0 amide bonds. The van der Waals surface area contributed by atoms with Crippen LogP contribution in [0, 0.1) is 10.1 Å². The molecular weight excluding hydrogens is 236 g/mol. The minimum absolute atomic E-state index is 0.0798. The minimum Gasteiger partial charge on any atom is -0.362 e. The van der Waals surface area contributed by atoms with Crippen LogP contribution in [0.1, 0.15) is 0 Å².